The molecule has 0 spiro atoms. The number of hydrogen-bond donors (Lipinski definition) is 2. The summed E-state index contributed by atoms with van der Waals surface area (Å²) in [4.78, 5) is 3.04. The maximum Gasteiger partial charge on any atom is 0.128 e. The van der Waals surface area contributed by atoms with Crippen molar-refractivity contribution in [3.05, 3.63) is 59.4 Å². The molecule has 0 aliphatic heterocycles. The lowest BCUT2D eigenvalue weighted by atomic mass is 10.1. The largest absolute Gasteiger partial charge is 0.364 e. The molecule has 0 aliphatic carbocycles. The lowest BCUT2D eigenvalue weighted by molar-refractivity contribution is 0.516. The number of halogens is 2. The molecule has 0 bridgehead atoms. The van der Waals surface area contributed by atoms with Gasteiger partial charge in [-0.3, -0.25) is 0 Å². The first kappa shape index (κ1) is 11.8. The number of nitrogens with one attached hydrogen (secondary N) is 2. The van der Waals surface area contributed by atoms with Gasteiger partial charge in [-0.25, -0.2) is 8.78 Å². The summed E-state index contributed by atoms with van der Waals surface area (Å²) in [6.07, 6.45) is 1.82. The summed E-state index contributed by atoms with van der Waals surface area (Å²) in [6, 6.07) is 7.08. The van der Waals surface area contributed by atoms with E-state index in [-0.39, 0.29) is 6.04 Å². The minimum atomic E-state index is -0.421. The van der Waals surface area contributed by atoms with Crippen molar-refractivity contribution in [2.45, 2.75) is 19.5 Å². The van der Waals surface area contributed by atoms with Crippen molar-refractivity contribution in [1.29, 1.82) is 0 Å². The van der Waals surface area contributed by atoms with Crippen LogP contribution in [0.25, 0.3) is 0 Å². The van der Waals surface area contributed by atoms with Crippen LogP contribution in [0.3, 0.4) is 0 Å². The highest BCUT2D eigenvalue weighted by molar-refractivity contribution is 5.22. The van der Waals surface area contributed by atoms with E-state index in [2.05, 4.69) is 10.3 Å². The minimum absolute atomic E-state index is 0.242. The van der Waals surface area contributed by atoms with Gasteiger partial charge in [-0.05, 0) is 37.3 Å². The molecule has 2 nitrogen and oxygen atoms in total. The standard InChI is InChI=1S/C13H14F2N2/c1-9(17-8-11-3-2-6-16-11)12-7-10(14)4-5-13(12)15/h2-7,9,16-17H,8H2,1H3. The zero-order valence-electron chi connectivity index (χ0n) is 9.50. The van der Waals surface area contributed by atoms with Crippen LogP contribution < -0.4 is 5.32 Å². The third-order valence-corrected chi connectivity index (χ3v) is 2.69. The lowest BCUT2D eigenvalue weighted by Crippen LogP contribution is -2.19. The summed E-state index contributed by atoms with van der Waals surface area (Å²) in [7, 11) is 0. The predicted molar refractivity (Wildman–Crippen MR) is 62.4 cm³/mol. The zero-order valence-corrected chi connectivity index (χ0v) is 9.50. The molecule has 1 heterocycles. The van der Waals surface area contributed by atoms with E-state index in [0.717, 1.165) is 17.8 Å². The second kappa shape index (κ2) is 5.10. The van der Waals surface area contributed by atoms with E-state index in [1.165, 1.54) is 6.07 Å². The Hall–Kier alpha value is -1.68. The summed E-state index contributed by atoms with van der Waals surface area (Å²) in [6.45, 7) is 2.39. The fourth-order valence-electron chi connectivity index (χ4n) is 1.70. The molecule has 90 valence electrons. The first-order valence-corrected chi connectivity index (χ1v) is 5.47. The smallest absolute Gasteiger partial charge is 0.128 e. The Balaban J connectivity index is 2.04. The van der Waals surface area contributed by atoms with Gasteiger partial charge >= 0.3 is 0 Å². The average molecular weight is 236 g/mol. The Bertz CT molecular complexity index is 480. The van der Waals surface area contributed by atoms with E-state index < -0.39 is 11.6 Å². The molecule has 1 atom stereocenters. The van der Waals surface area contributed by atoms with Gasteiger partial charge < -0.3 is 10.3 Å². The fourth-order valence-corrected chi connectivity index (χ4v) is 1.70. The van der Waals surface area contributed by atoms with Crippen LogP contribution in [0.2, 0.25) is 0 Å². The first-order chi connectivity index (χ1) is 8.16. The Morgan fingerprint density at radius 1 is 1.29 bits per heavy atom. The lowest BCUT2D eigenvalue weighted by Gasteiger charge is -2.14. The molecule has 0 radical (unpaired) electrons. The number of aromatic nitrogens is 1. The maximum absolute atomic E-state index is 13.5. The van der Waals surface area contributed by atoms with Crippen LogP contribution >= 0.6 is 0 Å². The average Bonchev–Trinajstić information content (AvgIpc) is 2.82. The SMILES string of the molecule is CC(NCc1ccc[nH]1)c1cc(F)ccc1F. The van der Waals surface area contributed by atoms with Crippen LogP contribution in [0, 0.1) is 11.6 Å². The van der Waals surface area contributed by atoms with Crippen LogP contribution in [0.1, 0.15) is 24.2 Å². The van der Waals surface area contributed by atoms with Crippen molar-refractivity contribution < 1.29 is 8.78 Å². The summed E-state index contributed by atoms with van der Waals surface area (Å²) in [5.41, 5.74) is 1.35. The van der Waals surface area contributed by atoms with Gasteiger partial charge in [-0.1, -0.05) is 0 Å². The summed E-state index contributed by atoms with van der Waals surface area (Å²) >= 11 is 0. The predicted octanol–water partition coefficient (Wildman–Crippen LogP) is 3.14. The molecule has 2 rings (SSSR count). The summed E-state index contributed by atoms with van der Waals surface area (Å²) in [5.74, 6) is -0.812. The molecular weight excluding hydrogens is 222 g/mol. The molecular formula is C13H14F2N2. The Morgan fingerprint density at radius 2 is 2.12 bits per heavy atom. The third kappa shape index (κ3) is 2.91. The van der Waals surface area contributed by atoms with Gasteiger partial charge in [0.1, 0.15) is 11.6 Å². The van der Waals surface area contributed by atoms with Gasteiger partial charge in [0, 0.05) is 30.0 Å². The molecule has 2 N–H and O–H groups in total. The highest BCUT2D eigenvalue weighted by atomic mass is 19.1. The van der Waals surface area contributed by atoms with Crippen molar-refractivity contribution in [2.75, 3.05) is 0 Å². The molecule has 17 heavy (non-hydrogen) atoms. The maximum atomic E-state index is 13.5. The Morgan fingerprint density at radius 3 is 2.82 bits per heavy atom. The second-order valence-electron chi connectivity index (χ2n) is 3.96. The van der Waals surface area contributed by atoms with E-state index in [1.807, 2.05) is 18.3 Å². The van der Waals surface area contributed by atoms with Crippen molar-refractivity contribution in [1.82, 2.24) is 10.3 Å². The van der Waals surface area contributed by atoms with Gasteiger partial charge in [0.05, 0.1) is 0 Å². The Kier molecular flexibility index (Phi) is 3.54. The van der Waals surface area contributed by atoms with Crippen LogP contribution in [-0.4, -0.2) is 4.98 Å². The van der Waals surface area contributed by atoms with Gasteiger partial charge in [0.15, 0.2) is 0 Å². The molecule has 0 fully saturated rings. The van der Waals surface area contributed by atoms with E-state index >= 15 is 0 Å². The molecule has 0 saturated carbocycles. The second-order valence-corrected chi connectivity index (χ2v) is 3.96. The van der Waals surface area contributed by atoms with E-state index in [0.29, 0.717) is 12.1 Å². The monoisotopic (exact) mass is 236 g/mol. The molecule has 2 aromatic rings. The zero-order chi connectivity index (χ0) is 12.3. The number of benzene rings is 1. The molecule has 0 amide bonds. The van der Waals surface area contributed by atoms with Crippen molar-refractivity contribution in [3.8, 4) is 0 Å². The van der Waals surface area contributed by atoms with Crippen LogP contribution in [-0.2, 0) is 6.54 Å². The quantitative estimate of drug-likeness (QED) is 0.838. The first-order valence-electron chi connectivity index (χ1n) is 5.47. The normalized spacial score (nSPS) is 12.6. The van der Waals surface area contributed by atoms with Crippen molar-refractivity contribution >= 4 is 0 Å². The van der Waals surface area contributed by atoms with Crippen LogP contribution in [0.5, 0.6) is 0 Å². The van der Waals surface area contributed by atoms with Crippen molar-refractivity contribution in [2.24, 2.45) is 0 Å². The van der Waals surface area contributed by atoms with Gasteiger partial charge in [0.25, 0.3) is 0 Å². The summed E-state index contributed by atoms with van der Waals surface area (Å²) < 4.78 is 26.5. The number of aromatic amines is 1. The summed E-state index contributed by atoms with van der Waals surface area (Å²) in [5, 5.41) is 3.13. The molecule has 0 saturated heterocycles. The number of H-pyrrole nitrogens is 1. The Labute approximate surface area is 98.7 Å². The van der Waals surface area contributed by atoms with Gasteiger partial charge in [-0.2, -0.15) is 0 Å². The third-order valence-electron chi connectivity index (χ3n) is 2.69. The topological polar surface area (TPSA) is 27.8 Å². The molecule has 0 aliphatic rings. The fraction of sp³-hybridized carbons (Fsp3) is 0.231. The van der Waals surface area contributed by atoms with E-state index in [9.17, 15) is 8.78 Å². The molecule has 1 aromatic heterocycles. The number of hydrogen-bond acceptors (Lipinski definition) is 1. The highest BCUT2D eigenvalue weighted by Crippen LogP contribution is 2.18. The van der Waals surface area contributed by atoms with E-state index in [4.69, 9.17) is 0 Å². The molecule has 4 heteroatoms. The molecule has 1 aromatic carbocycles. The molecule has 1 unspecified atom stereocenters. The van der Waals surface area contributed by atoms with Gasteiger partial charge in [0.2, 0.25) is 0 Å². The van der Waals surface area contributed by atoms with E-state index in [1.54, 1.807) is 6.92 Å². The number of rotatable bonds is 4. The van der Waals surface area contributed by atoms with Crippen LogP contribution in [0.4, 0.5) is 8.78 Å². The van der Waals surface area contributed by atoms with Crippen LogP contribution in [0.15, 0.2) is 36.5 Å². The van der Waals surface area contributed by atoms with Crippen molar-refractivity contribution in [3.63, 3.8) is 0 Å². The highest BCUT2D eigenvalue weighted by Gasteiger charge is 2.11. The minimum Gasteiger partial charge on any atom is -0.364 e. The van der Waals surface area contributed by atoms with Gasteiger partial charge in [-0.15, -0.1) is 0 Å².